The zero-order valence-electron chi connectivity index (χ0n) is 19.0. The molecule has 2 amide bonds. The van der Waals surface area contributed by atoms with Crippen LogP contribution in [0.2, 0.25) is 0 Å². The van der Waals surface area contributed by atoms with Crippen LogP contribution < -0.4 is 11.1 Å². The standard InChI is InChI=1S/C25H37N3O2/c1-25(2)13-11-18(12-14-25)22-15-19(7-10-21(22)24(26)30)17-5-8-20(9-6-17)27-16-23(29)28(3)4/h7,10-11,15,17,20,27H,5-6,8-9,12-14,16H2,1-4H3,(H2,26,30). The van der Waals surface area contributed by atoms with E-state index >= 15 is 0 Å². The van der Waals surface area contributed by atoms with Crippen molar-refractivity contribution in [2.45, 2.75) is 70.8 Å². The first-order chi connectivity index (χ1) is 14.2. The molecule has 0 aromatic heterocycles. The van der Waals surface area contributed by atoms with Crippen LogP contribution in [0.5, 0.6) is 0 Å². The summed E-state index contributed by atoms with van der Waals surface area (Å²) in [5.74, 6) is 0.266. The van der Waals surface area contributed by atoms with Gasteiger partial charge in [0.1, 0.15) is 0 Å². The largest absolute Gasteiger partial charge is 0.366 e. The molecule has 1 saturated carbocycles. The van der Waals surface area contributed by atoms with Gasteiger partial charge in [0.2, 0.25) is 11.8 Å². The van der Waals surface area contributed by atoms with Crippen molar-refractivity contribution in [1.82, 2.24) is 10.2 Å². The Hall–Kier alpha value is -2.14. The van der Waals surface area contributed by atoms with Gasteiger partial charge in [0.25, 0.3) is 0 Å². The highest BCUT2D eigenvalue weighted by Crippen LogP contribution is 2.40. The minimum absolute atomic E-state index is 0.118. The minimum Gasteiger partial charge on any atom is -0.366 e. The summed E-state index contributed by atoms with van der Waals surface area (Å²) in [6.45, 7) is 5.00. The molecule has 1 aromatic rings. The Morgan fingerprint density at radius 2 is 1.87 bits per heavy atom. The van der Waals surface area contributed by atoms with Crippen LogP contribution in [0.4, 0.5) is 0 Å². The molecule has 0 bridgehead atoms. The molecular formula is C25H37N3O2. The maximum atomic E-state index is 12.1. The van der Waals surface area contributed by atoms with Crippen molar-refractivity contribution < 1.29 is 9.59 Å². The molecule has 0 spiro atoms. The van der Waals surface area contributed by atoms with Crippen molar-refractivity contribution in [3.8, 4) is 0 Å². The maximum absolute atomic E-state index is 12.1. The second-order valence-corrected chi connectivity index (χ2v) is 9.98. The Morgan fingerprint density at radius 3 is 2.43 bits per heavy atom. The number of hydrogen-bond acceptors (Lipinski definition) is 3. The number of hydrogen-bond donors (Lipinski definition) is 2. The quantitative estimate of drug-likeness (QED) is 0.740. The summed E-state index contributed by atoms with van der Waals surface area (Å²) in [5, 5.41) is 3.41. The van der Waals surface area contributed by atoms with Crippen LogP contribution in [0.1, 0.15) is 86.2 Å². The van der Waals surface area contributed by atoms with E-state index in [1.54, 1.807) is 19.0 Å². The van der Waals surface area contributed by atoms with Gasteiger partial charge in [-0.2, -0.15) is 0 Å². The van der Waals surface area contributed by atoms with Crippen molar-refractivity contribution in [3.05, 3.63) is 41.0 Å². The number of primary amides is 1. The van der Waals surface area contributed by atoms with E-state index in [1.807, 2.05) is 6.07 Å². The first kappa shape index (κ1) is 22.5. The fourth-order valence-corrected chi connectivity index (χ4v) is 4.64. The molecule has 0 aliphatic heterocycles. The molecule has 0 saturated heterocycles. The molecule has 5 heteroatoms. The molecule has 3 rings (SSSR count). The summed E-state index contributed by atoms with van der Waals surface area (Å²) in [6.07, 6.45) is 9.77. The number of carbonyl (C=O) groups excluding carboxylic acids is 2. The van der Waals surface area contributed by atoms with Gasteiger partial charge in [0.05, 0.1) is 6.54 Å². The van der Waals surface area contributed by atoms with Crippen molar-refractivity contribution >= 4 is 17.4 Å². The monoisotopic (exact) mass is 411 g/mol. The average Bonchev–Trinajstić information content (AvgIpc) is 2.71. The highest BCUT2D eigenvalue weighted by molar-refractivity contribution is 5.98. The number of nitrogens with one attached hydrogen (secondary N) is 1. The highest BCUT2D eigenvalue weighted by atomic mass is 16.2. The Kier molecular flexibility index (Phi) is 7.02. The van der Waals surface area contributed by atoms with Gasteiger partial charge in [-0.3, -0.25) is 9.59 Å². The number of allylic oxidation sites excluding steroid dienone is 2. The molecule has 1 aromatic carbocycles. The molecule has 0 unspecified atom stereocenters. The van der Waals surface area contributed by atoms with Crippen molar-refractivity contribution in [2.75, 3.05) is 20.6 Å². The molecule has 0 heterocycles. The molecule has 5 nitrogen and oxygen atoms in total. The Bertz CT molecular complexity index is 818. The van der Waals surface area contributed by atoms with Gasteiger partial charge in [-0.15, -0.1) is 0 Å². The normalized spacial score (nSPS) is 23.5. The van der Waals surface area contributed by atoms with Crippen LogP contribution in [0.3, 0.4) is 0 Å². The van der Waals surface area contributed by atoms with Crippen molar-refractivity contribution in [2.24, 2.45) is 11.1 Å². The van der Waals surface area contributed by atoms with E-state index in [0.717, 1.165) is 50.5 Å². The number of benzene rings is 1. The predicted octanol–water partition coefficient (Wildman–Crippen LogP) is 4.08. The van der Waals surface area contributed by atoms with Crippen LogP contribution in [0, 0.1) is 5.41 Å². The number of nitrogens with zero attached hydrogens (tertiary/aromatic N) is 1. The number of likely N-dealkylation sites (N-methyl/N-ethyl adjacent to an activating group) is 1. The molecular weight excluding hydrogens is 374 g/mol. The first-order valence-corrected chi connectivity index (χ1v) is 11.2. The molecule has 2 aliphatic carbocycles. The summed E-state index contributed by atoms with van der Waals surface area (Å²) < 4.78 is 0. The van der Waals surface area contributed by atoms with Crippen molar-refractivity contribution in [3.63, 3.8) is 0 Å². The fraction of sp³-hybridized carbons (Fsp3) is 0.600. The van der Waals surface area contributed by atoms with E-state index in [2.05, 4.69) is 37.4 Å². The lowest BCUT2D eigenvalue weighted by Gasteiger charge is -2.31. The SMILES string of the molecule is CN(C)C(=O)CNC1CCC(c2ccc(C(N)=O)c(C3=CCC(C)(C)CC3)c2)CC1. The van der Waals surface area contributed by atoms with Crippen LogP contribution in [0.15, 0.2) is 24.3 Å². The molecule has 2 aliphatic rings. The third kappa shape index (κ3) is 5.51. The number of amides is 2. The molecule has 0 radical (unpaired) electrons. The molecule has 1 fully saturated rings. The Labute approximate surface area is 181 Å². The van der Waals surface area contributed by atoms with E-state index in [9.17, 15) is 9.59 Å². The van der Waals surface area contributed by atoms with E-state index in [4.69, 9.17) is 5.73 Å². The van der Waals surface area contributed by atoms with Gasteiger partial charge in [0, 0.05) is 25.7 Å². The average molecular weight is 412 g/mol. The second kappa shape index (κ2) is 9.34. The third-order valence-electron chi connectivity index (χ3n) is 6.87. The summed E-state index contributed by atoms with van der Waals surface area (Å²) in [7, 11) is 3.58. The van der Waals surface area contributed by atoms with Gasteiger partial charge in [-0.1, -0.05) is 32.1 Å². The molecule has 0 atom stereocenters. The Morgan fingerprint density at radius 1 is 1.17 bits per heavy atom. The van der Waals surface area contributed by atoms with Gasteiger partial charge >= 0.3 is 0 Å². The summed E-state index contributed by atoms with van der Waals surface area (Å²) in [4.78, 5) is 25.5. The highest BCUT2D eigenvalue weighted by Gasteiger charge is 2.26. The number of nitrogens with two attached hydrogens (primary N) is 1. The minimum atomic E-state index is -0.347. The van der Waals surface area contributed by atoms with Crippen molar-refractivity contribution in [1.29, 1.82) is 0 Å². The summed E-state index contributed by atoms with van der Waals surface area (Å²) >= 11 is 0. The third-order valence-corrected chi connectivity index (χ3v) is 6.87. The summed E-state index contributed by atoms with van der Waals surface area (Å²) in [6, 6.07) is 6.63. The topological polar surface area (TPSA) is 75.4 Å². The van der Waals surface area contributed by atoms with E-state index in [0.29, 0.717) is 29.5 Å². The van der Waals surface area contributed by atoms with Gasteiger partial charge in [0.15, 0.2) is 0 Å². The van der Waals surface area contributed by atoms with Gasteiger partial charge in [-0.25, -0.2) is 0 Å². The predicted molar refractivity (Wildman–Crippen MR) is 122 cm³/mol. The van der Waals surface area contributed by atoms with Crippen LogP contribution in [-0.4, -0.2) is 43.4 Å². The van der Waals surface area contributed by atoms with Crippen LogP contribution >= 0.6 is 0 Å². The smallest absolute Gasteiger partial charge is 0.249 e. The van der Waals surface area contributed by atoms with E-state index < -0.39 is 0 Å². The number of carbonyl (C=O) groups is 2. The zero-order valence-corrected chi connectivity index (χ0v) is 19.0. The maximum Gasteiger partial charge on any atom is 0.249 e. The first-order valence-electron chi connectivity index (χ1n) is 11.2. The van der Waals surface area contributed by atoms with Crippen LogP contribution in [-0.2, 0) is 4.79 Å². The summed E-state index contributed by atoms with van der Waals surface area (Å²) in [5.41, 5.74) is 10.3. The molecule has 164 valence electrons. The van der Waals surface area contributed by atoms with Crippen LogP contribution in [0.25, 0.3) is 5.57 Å². The zero-order chi connectivity index (χ0) is 21.9. The molecule has 3 N–H and O–H groups in total. The lowest BCUT2D eigenvalue weighted by atomic mass is 9.75. The second-order valence-electron chi connectivity index (χ2n) is 9.98. The Balaban J connectivity index is 1.70. The number of rotatable bonds is 6. The van der Waals surface area contributed by atoms with E-state index in [-0.39, 0.29) is 11.8 Å². The fourth-order valence-electron chi connectivity index (χ4n) is 4.64. The van der Waals surface area contributed by atoms with Gasteiger partial charge < -0.3 is 16.0 Å². The lowest BCUT2D eigenvalue weighted by molar-refractivity contribution is -0.127. The van der Waals surface area contributed by atoms with Gasteiger partial charge in [-0.05, 0) is 79.0 Å². The lowest BCUT2D eigenvalue weighted by Crippen LogP contribution is -2.40. The molecule has 30 heavy (non-hydrogen) atoms. The van der Waals surface area contributed by atoms with E-state index in [1.165, 1.54) is 11.1 Å².